The van der Waals surface area contributed by atoms with Crippen molar-refractivity contribution in [1.29, 1.82) is 0 Å². The molecule has 0 radical (unpaired) electrons. The standard InChI is InChI=1S/C19H25ClN6O5S/c1-5-10-15(20)24-16(21-10)17(27)22-11-6-7-26(8-12(11)30-3)19-23-13(18(28)29)14(32-19)9(2)25-31-4/h11-12H,5-8H2,1-4H3,(H,21,24)(H,22,27)(H,28,29)/b25-9+. The Kier molecular flexibility index (Phi) is 7.69. The number of oxime groups is 1. The van der Waals surface area contributed by atoms with Gasteiger partial charge in [-0.2, -0.15) is 0 Å². The van der Waals surface area contributed by atoms with E-state index < -0.39 is 5.97 Å². The molecule has 0 spiro atoms. The molecule has 32 heavy (non-hydrogen) atoms. The number of aromatic amines is 1. The normalized spacial score (nSPS) is 19.2. The maximum absolute atomic E-state index is 12.6. The van der Waals surface area contributed by atoms with Crippen molar-refractivity contribution in [3.63, 3.8) is 0 Å². The van der Waals surface area contributed by atoms with Crippen molar-refractivity contribution < 1.29 is 24.3 Å². The summed E-state index contributed by atoms with van der Waals surface area (Å²) in [4.78, 5) is 42.7. The van der Waals surface area contributed by atoms with Crippen LogP contribution in [0.3, 0.4) is 0 Å². The van der Waals surface area contributed by atoms with Crippen molar-refractivity contribution in [2.75, 3.05) is 32.2 Å². The first kappa shape index (κ1) is 24.0. The van der Waals surface area contributed by atoms with Gasteiger partial charge in [-0.1, -0.05) is 35.0 Å². The highest BCUT2D eigenvalue weighted by Gasteiger charge is 2.33. The van der Waals surface area contributed by atoms with E-state index in [1.165, 1.54) is 18.4 Å². The Morgan fingerprint density at radius 1 is 1.41 bits per heavy atom. The van der Waals surface area contributed by atoms with E-state index in [9.17, 15) is 14.7 Å². The predicted molar refractivity (Wildman–Crippen MR) is 120 cm³/mol. The van der Waals surface area contributed by atoms with Crippen LogP contribution in [0.4, 0.5) is 5.13 Å². The summed E-state index contributed by atoms with van der Waals surface area (Å²) in [7, 11) is 2.96. The third kappa shape index (κ3) is 5.03. The molecular formula is C19H25ClN6O5S. The Bertz CT molecular complexity index is 1020. The van der Waals surface area contributed by atoms with Crippen LogP contribution in [0, 0.1) is 0 Å². The van der Waals surface area contributed by atoms with Crippen LogP contribution in [-0.4, -0.2) is 77.1 Å². The lowest BCUT2D eigenvalue weighted by molar-refractivity contribution is 0.0538. The number of thiazole rings is 1. The number of halogens is 1. The Hall–Kier alpha value is -2.70. The van der Waals surface area contributed by atoms with Crippen LogP contribution >= 0.6 is 22.9 Å². The van der Waals surface area contributed by atoms with Gasteiger partial charge in [-0.25, -0.2) is 14.8 Å². The number of nitrogens with one attached hydrogen (secondary N) is 2. The number of ether oxygens (including phenoxy) is 1. The van der Waals surface area contributed by atoms with Crippen LogP contribution in [0.1, 0.15) is 51.9 Å². The second-order valence-electron chi connectivity index (χ2n) is 7.14. The van der Waals surface area contributed by atoms with E-state index in [1.54, 1.807) is 14.0 Å². The van der Waals surface area contributed by atoms with E-state index in [0.717, 1.165) is 0 Å². The summed E-state index contributed by atoms with van der Waals surface area (Å²) in [6.45, 7) is 4.56. The number of H-pyrrole nitrogens is 1. The van der Waals surface area contributed by atoms with E-state index in [1.807, 2.05) is 11.8 Å². The first-order valence-corrected chi connectivity index (χ1v) is 11.1. The van der Waals surface area contributed by atoms with Crippen LogP contribution in [0.2, 0.25) is 5.15 Å². The van der Waals surface area contributed by atoms with E-state index in [0.29, 0.717) is 47.3 Å². The van der Waals surface area contributed by atoms with Gasteiger partial charge in [0.15, 0.2) is 21.8 Å². The zero-order chi connectivity index (χ0) is 23.4. The molecule has 3 heterocycles. The fraction of sp³-hybridized carbons (Fsp3) is 0.526. The number of aromatic carboxylic acids is 1. The molecule has 0 saturated carbocycles. The minimum absolute atomic E-state index is 0.0749. The summed E-state index contributed by atoms with van der Waals surface area (Å²) in [5.74, 6) is -1.34. The summed E-state index contributed by atoms with van der Waals surface area (Å²) in [6.07, 6.45) is 0.876. The predicted octanol–water partition coefficient (Wildman–Crippen LogP) is 2.17. The van der Waals surface area contributed by atoms with Gasteiger partial charge < -0.3 is 29.9 Å². The molecule has 1 amide bonds. The van der Waals surface area contributed by atoms with Crippen LogP contribution in [0.15, 0.2) is 5.16 Å². The zero-order valence-corrected chi connectivity index (χ0v) is 19.7. The van der Waals surface area contributed by atoms with Gasteiger partial charge in [0.25, 0.3) is 5.91 Å². The number of carbonyl (C=O) groups excluding carboxylic acids is 1. The monoisotopic (exact) mass is 484 g/mol. The lowest BCUT2D eigenvalue weighted by Crippen LogP contribution is -2.55. The number of amides is 1. The summed E-state index contributed by atoms with van der Waals surface area (Å²) >= 11 is 7.26. The molecular weight excluding hydrogens is 460 g/mol. The molecule has 174 valence electrons. The molecule has 0 bridgehead atoms. The van der Waals surface area contributed by atoms with E-state index >= 15 is 0 Å². The Balaban J connectivity index is 1.74. The van der Waals surface area contributed by atoms with Gasteiger partial charge >= 0.3 is 5.97 Å². The van der Waals surface area contributed by atoms with Crippen molar-refractivity contribution in [3.05, 3.63) is 27.2 Å². The van der Waals surface area contributed by atoms with Gasteiger partial charge in [-0.15, -0.1) is 0 Å². The largest absolute Gasteiger partial charge is 0.476 e. The van der Waals surface area contributed by atoms with Crippen LogP contribution in [0.25, 0.3) is 0 Å². The molecule has 13 heteroatoms. The number of imidazole rings is 1. The van der Waals surface area contributed by atoms with Gasteiger partial charge in [0, 0.05) is 20.2 Å². The zero-order valence-electron chi connectivity index (χ0n) is 18.1. The number of piperidine rings is 1. The van der Waals surface area contributed by atoms with Gasteiger partial charge in [0.05, 0.1) is 28.4 Å². The highest BCUT2D eigenvalue weighted by molar-refractivity contribution is 7.17. The van der Waals surface area contributed by atoms with Crippen LogP contribution in [-0.2, 0) is 16.0 Å². The quantitative estimate of drug-likeness (QED) is 0.382. The number of carbonyl (C=O) groups is 2. The van der Waals surface area contributed by atoms with Gasteiger partial charge in [-0.3, -0.25) is 4.79 Å². The second kappa shape index (κ2) is 10.3. The molecule has 11 nitrogen and oxygen atoms in total. The average Bonchev–Trinajstić information content (AvgIpc) is 3.38. The number of nitrogens with zero attached hydrogens (tertiary/aromatic N) is 4. The van der Waals surface area contributed by atoms with Gasteiger partial charge in [0.2, 0.25) is 0 Å². The Labute approximate surface area is 193 Å². The number of rotatable bonds is 8. The maximum atomic E-state index is 12.6. The Morgan fingerprint density at radius 3 is 2.75 bits per heavy atom. The third-order valence-corrected chi connectivity index (χ3v) is 6.66. The smallest absolute Gasteiger partial charge is 0.356 e. The lowest BCUT2D eigenvalue weighted by atomic mass is 10.0. The molecule has 0 aromatic carbocycles. The SMILES string of the molecule is CCc1[nH]c(C(=O)NC2CCN(c3nc(C(=O)O)c(/C(C)=N/OC)s3)CC2OC)nc1Cl. The second-order valence-corrected chi connectivity index (χ2v) is 8.47. The first-order chi connectivity index (χ1) is 15.3. The number of hydrogen-bond acceptors (Lipinski definition) is 9. The van der Waals surface area contributed by atoms with E-state index in [2.05, 4.69) is 25.4 Å². The van der Waals surface area contributed by atoms with E-state index in [4.69, 9.17) is 21.2 Å². The van der Waals surface area contributed by atoms with Gasteiger partial charge in [0.1, 0.15) is 7.11 Å². The number of carboxylic acid groups (broad SMARTS) is 1. The number of hydrogen-bond donors (Lipinski definition) is 3. The molecule has 3 rings (SSSR count). The summed E-state index contributed by atoms with van der Waals surface area (Å²) in [6, 6.07) is -0.257. The topological polar surface area (TPSA) is 142 Å². The molecule has 1 saturated heterocycles. The highest BCUT2D eigenvalue weighted by Crippen LogP contribution is 2.30. The lowest BCUT2D eigenvalue weighted by Gasteiger charge is -2.37. The molecule has 3 N–H and O–H groups in total. The van der Waals surface area contributed by atoms with Crippen LogP contribution < -0.4 is 10.2 Å². The highest BCUT2D eigenvalue weighted by atomic mass is 35.5. The molecule has 1 aliphatic heterocycles. The number of aromatic nitrogens is 3. The fourth-order valence-corrected chi connectivity index (χ4v) is 4.77. The van der Waals surface area contributed by atoms with Crippen molar-refractivity contribution in [1.82, 2.24) is 20.3 Å². The molecule has 2 unspecified atom stereocenters. The summed E-state index contributed by atoms with van der Waals surface area (Å²) in [5, 5.41) is 17.1. The van der Waals surface area contributed by atoms with Crippen molar-refractivity contribution >= 4 is 45.7 Å². The summed E-state index contributed by atoms with van der Waals surface area (Å²) in [5.41, 5.74) is 1.06. The molecule has 2 aromatic heterocycles. The number of methoxy groups -OCH3 is 1. The minimum atomic E-state index is -1.14. The molecule has 1 fully saturated rings. The van der Waals surface area contributed by atoms with Crippen LogP contribution in [0.5, 0.6) is 0 Å². The fourth-order valence-electron chi connectivity index (χ4n) is 3.47. The minimum Gasteiger partial charge on any atom is -0.476 e. The first-order valence-electron chi connectivity index (χ1n) is 9.94. The summed E-state index contributed by atoms with van der Waals surface area (Å²) < 4.78 is 5.62. The number of anilines is 1. The number of carboxylic acids is 1. The Morgan fingerprint density at radius 2 is 2.16 bits per heavy atom. The molecule has 2 atom stereocenters. The van der Waals surface area contributed by atoms with E-state index in [-0.39, 0.29) is 34.7 Å². The molecule has 1 aliphatic rings. The number of aryl methyl sites for hydroxylation is 1. The van der Waals surface area contributed by atoms with Crippen molar-refractivity contribution in [3.8, 4) is 0 Å². The molecule has 2 aromatic rings. The molecule has 0 aliphatic carbocycles. The third-order valence-electron chi connectivity index (χ3n) is 5.12. The van der Waals surface area contributed by atoms with Crippen molar-refractivity contribution in [2.45, 2.75) is 38.8 Å². The average molecular weight is 485 g/mol. The van der Waals surface area contributed by atoms with Gasteiger partial charge in [-0.05, 0) is 19.8 Å². The van der Waals surface area contributed by atoms with Crippen molar-refractivity contribution in [2.24, 2.45) is 5.16 Å². The maximum Gasteiger partial charge on any atom is 0.356 e.